The smallest absolute Gasteiger partial charge is 0.223 e. The Balaban J connectivity index is 1.62. The summed E-state index contributed by atoms with van der Waals surface area (Å²) in [5.41, 5.74) is 4.83. The molecule has 56 heavy (non-hydrogen) atoms. The molecule has 4 fully saturated rings. The number of nitrogens with two attached hydrogens (primary N) is 1. The summed E-state index contributed by atoms with van der Waals surface area (Å²) in [4.78, 5) is 42.9. The summed E-state index contributed by atoms with van der Waals surface area (Å²) in [5, 5.41) is 4.81. The van der Waals surface area contributed by atoms with Crippen molar-refractivity contribution in [2.75, 3.05) is 0 Å². The Morgan fingerprint density at radius 1 is 0.571 bits per heavy atom. The van der Waals surface area contributed by atoms with Crippen molar-refractivity contribution in [3.05, 3.63) is 0 Å². The third-order valence-electron chi connectivity index (χ3n) is 14.2. The van der Waals surface area contributed by atoms with Crippen molar-refractivity contribution in [3.8, 4) is 0 Å². The predicted molar refractivity (Wildman–Crippen MR) is 232 cm³/mol. The lowest BCUT2D eigenvalue weighted by Gasteiger charge is -2.59. The van der Waals surface area contributed by atoms with E-state index in [1.54, 1.807) is 0 Å². The number of hydroxylamine groups is 4. The van der Waals surface area contributed by atoms with Crippen molar-refractivity contribution in [3.63, 3.8) is 0 Å². The monoisotopic (exact) mass is 787 g/mol. The van der Waals surface area contributed by atoms with Crippen molar-refractivity contribution in [1.29, 1.82) is 0 Å². The fourth-order valence-corrected chi connectivity index (χ4v) is 12.3. The number of rotatable bonds is 21. The van der Waals surface area contributed by atoms with Crippen LogP contribution in [0.2, 0.25) is 0 Å². The second-order valence-electron chi connectivity index (χ2n) is 21.5. The summed E-state index contributed by atoms with van der Waals surface area (Å²) >= 11 is 0. The Hall–Kier alpha value is -1.22. The summed E-state index contributed by atoms with van der Waals surface area (Å²) in [6, 6.07) is 0.409. The van der Waals surface area contributed by atoms with E-state index in [4.69, 9.17) is 15.4 Å². The fourth-order valence-electron chi connectivity index (χ4n) is 12.3. The van der Waals surface area contributed by atoms with Gasteiger partial charge in [-0.25, -0.2) is 0 Å². The Bertz CT molecular complexity index is 1080. The quantitative estimate of drug-likeness (QED) is 0.117. The Morgan fingerprint density at radius 3 is 1.25 bits per heavy atom. The van der Waals surface area contributed by atoms with Crippen LogP contribution < -0.4 is 5.73 Å². The van der Waals surface area contributed by atoms with Gasteiger partial charge in [0, 0.05) is 47.1 Å². The standard InChI is InChI=1S/C48H90N4O4/c1-11-25-41(37-33-45(3,4)51(46(5,6)34-37)55-39-27-19-17-20-28-39)50(44(54)32-24-16-14-13-15-23-31-43(49)53)42(26-12-2)38-35-47(7,8)52(48(9,10)36-38)56-40-29-21-18-22-30-40/h37-42H,11-36H2,1-10H3,(H2,49,53). The number of hydrogen-bond donors (Lipinski definition) is 1. The van der Waals surface area contributed by atoms with Gasteiger partial charge in [-0.2, -0.15) is 10.1 Å². The fraction of sp³-hybridized carbons (Fsp3) is 0.958. The lowest BCUT2D eigenvalue weighted by atomic mass is 9.68. The molecule has 8 heteroatoms. The van der Waals surface area contributed by atoms with Crippen LogP contribution in [0.1, 0.15) is 236 Å². The average Bonchev–Trinajstić information content (AvgIpc) is 3.12. The van der Waals surface area contributed by atoms with E-state index in [1.807, 2.05) is 0 Å². The third kappa shape index (κ3) is 13.1. The van der Waals surface area contributed by atoms with E-state index >= 15 is 4.79 Å². The zero-order chi connectivity index (χ0) is 41.1. The van der Waals surface area contributed by atoms with E-state index in [9.17, 15) is 4.79 Å². The molecule has 2 saturated carbocycles. The van der Waals surface area contributed by atoms with Gasteiger partial charge in [-0.1, -0.05) is 90.9 Å². The first-order chi connectivity index (χ1) is 26.4. The molecule has 0 aromatic rings. The molecule has 0 aromatic heterocycles. The van der Waals surface area contributed by atoms with Crippen LogP contribution in [0.25, 0.3) is 0 Å². The first-order valence-corrected chi connectivity index (χ1v) is 24.0. The second-order valence-corrected chi connectivity index (χ2v) is 21.5. The molecule has 2 aliphatic heterocycles. The van der Waals surface area contributed by atoms with Gasteiger partial charge in [0.2, 0.25) is 11.8 Å². The van der Waals surface area contributed by atoms with Crippen LogP contribution in [0, 0.1) is 11.8 Å². The first kappa shape index (κ1) is 47.5. The molecule has 0 radical (unpaired) electrons. The van der Waals surface area contributed by atoms with E-state index in [2.05, 4.69) is 84.3 Å². The molecule has 2 unspecified atom stereocenters. The first-order valence-electron chi connectivity index (χ1n) is 24.0. The number of amides is 2. The van der Waals surface area contributed by atoms with Gasteiger partial charge in [0.1, 0.15) is 0 Å². The summed E-state index contributed by atoms with van der Waals surface area (Å²) in [5.74, 6) is 0.969. The Morgan fingerprint density at radius 2 is 0.911 bits per heavy atom. The van der Waals surface area contributed by atoms with E-state index in [0.717, 1.165) is 116 Å². The Labute approximate surface area is 345 Å². The number of piperidine rings is 2. The van der Waals surface area contributed by atoms with Gasteiger partial charge in [0.05, 0.1) is 12.2 Å². The van der Waals surface area contributed by atoms with Gasteiger partial charge in [0.15, 0.2) is 0 Å². The molecule has 0 aromatic carbocycles. The van der Waals surface area contributed by atoms with E-state index in [0.29, 0.717) is 42.8 Å². The maximum Gasteiger partial charge on any atom is 0.223 e. The van der Waals surface area contributed by atoms with Crippen LogP contribution in [0.15, 0.2) is 0 Å². The SMILES string of the molecule is CCCC(C1CC(C)(C)N(OC2CCCCC2)C(C)(C)C1)N(C(=O)CCCCCCCCC(N)=O)C(CCC)C1CC(C)(C)N(OC2CCCCC2)C(C)(C)C1. The van der Waals surface area contributed by atoms with Gasteiger partial charge in [0.25, 0.3) is 0 Å². The average molecular weight is 787 g/mol. The predicted octanol–water partition coefficient (Wildman–Crippen LogP) is 11.8. The van der Waals surface area contributed by atoms with E-state index in [-0.39, 0.29) is 40.1 Å². The minimum Gasteiger partial charge on any atom is -0.370 e. The van der Waals surface area contributed by atoms with Gasteiger partial charge < -0.3 is 10.6 Å². The molecule has 0 spiro atoms. The molecule has 326 valence electrons. The molecule has 4 aliphatic rings. The molecule has 0 bridgehead atoms. The van der Waals surface area contributed by atoms with Crippen molar-refractivity contribution >= 4 is 11.8 Å². The molecule has 4 rings (SSSR count). The summed E-state index contributed by atoms with van der Waals surface area (Å²) < 4.78 is 0. The minimum atomic E-state index is -0.206. The molecule has 2 aliphatic carbocycles. The summed E-state index contributed by atoms with van der Waals surface area (Å²) in [7, 11) is 0. The maximum atomic E-state index is 15.2. The lowest BCUT2D eigenvalue weighted by Crippen LogP contribution is -2.66. The zero-order valence-corrected chi connectivity index (χ0v) is 38.4. The summed E-state index contributed by atoms with van der Waals surface area (Å²) in [6.45, 7) is 23.9. The van der Waals surface area contributed by atoms with Crippen LogP contribution in [0.5, 0.6) is 0 Å². The maximum absolute atomic E-state index is 15.2. The van der Waals surface area contributed by atoms with Gasteiger partial charge >= 0.3 is 0 Å². The van der Waals surface area contributed by atoms with Crippen LogP contribution in [-0.2, 0) is 19.3 Å². The number of unbranched alkanes of at least 4 members (excludes halogenated alkanes) is 5. The zero-order valence-electron chi connectivity index (χ0n) is 38.4. The molecular formula is C48H90N4O4. The number of carbonyl (C=O) groups excluding carboxylic acids is 2. The van der Waals surface area contributed by atoms with Crippen molar-refractivity contribution in [2.45, 2.75) is 283 Å². The van der Waals surface area contributed by atoms with Crippen LogP contribution >= 0.6 is 0 Å². The topological polar surface area (TPSA) is 88.3 Å². The number of nitrogens with zero attached hydrogens (tertiary/aromatic N) is 3. The van der Waals surface area contributed by atoms with Crippen LogP contribution in [-0.4, -0.2) is 73.3 Å². The molecule has 2 heterocycles. The highest BCUT2D eigenvalue weighted by Gasteiger charge is 2.54. The molecule has 8 nitrogen and oxygen atoms in total. The molecule has 2 N–H and O–H groups in total. The Kier molecular flexibility index (Phi) is 18.1. The van der Waals surface area contributed by atoms with Crippen LogP contribution in [0.3, 0.4) is 0 Å². The van der Waals surface area contributed by atoms with Crippen molar-refractivity contribution < 1.29 is 19.3 Å². The molecule has 2 saturated heterocycles. The van der Waals surface area contributed by atoms with Gasteiger partial charge in [-0.15, -0.1) is 0 Å². The minimum absolute atomic E-state index is 0.134. The highest BCUT2D eigenvalue weighted by molar-refractivity contribution is 5.77. The second kappa shape index (κ2) is 21.3. The van der Waals surface area contributed by atoms with Crippen molar-refractivity contribution in [2.24, 2.45) is 17.6 Å². The van der Waals surface area contributed by atoms with E-state index in [1.165, 1.54) is 38.5 Å². The highest BCUT2D eigenvalue weighted by Crippen LogP contribution is 2.49. The molecule has 2 atom stereocenters. The normalized spacial score (nSPS) is 25.2. The van der Waals surface area contributed by atoms with Gasteiger partial charge in [-0.05, 0) is 144 Å². The number of hydrogen-bond acceptors (Lipinski definition) is 6. The van der Waals surface area contributed by atoms with E-state index < -0.39 is 0 Å². The largest absolute Gasteiger partial charge is 0.370 e. The third-order valence-corrected chi connectivity index (χ3v) is 14.2. The molecular weight excluding hydrogens is 697 g/mol. The van der Waals surface area contributed by atoms with Crippen LogP contribution in [0.4, 0.5) is 0 Å². The van der Waals surface area contributed by atoms with Crippen molar-refractivity contribution in [1.82, 2.24) is 15.0 Å². The molecule has 2 amide bonds. The summed E-state index contributed by atoms with van der Waals surface area (Å²) in [6.07, 6.45) is 28.6. The van der Waals surface area contributed by atoms with Gasteiger partial charge in [-0.3, -0.25) is 19.3 Å². The number of carbonyl (C=O) groups is 2. The highest BCUT2D eigenvalue weighted by atomic mass is 16.7. The number of primary amides is 1. The lowest BCUT2D eigenvalue weighted by molar-refractivity contribution is -0.318.